The minimum Gasteiger partial charge on any atom is -0.398 e. The lowest BCUT2D eigenvalue weighted by molar-refractivity contribution is 0.595. The topological polar surface area (TPSA) is 60.9 Å². The van der Waals surface area contributed by atoms with Crippen LogP contribution in [0, 0.1) is 12.7 Å². The van der Waals surface area contributed by atoms with Crippen molar-refractivity contribution < 1.29 is 4.39 Å². The van der Waals surface area contributed by atoms with E-state index in [1.54, 1.807) is 13.0 Å². The summed E-state index contributed by atoms with van der Waals surface area (Å²) in [5.74, 6) is -0.419. The minimum atomic E-state index is -0.419. The molecule has 0 fully saturated rings. The van der Waals surface area contributed by atoms with Gasteiger partial charge in [0.15, 0.2) is 0 Å². The van der Waals surface area contributed by atoms with Gasteiger partial charge in [0, 0.05) is 23.0 Å². The van der Waals surface area contributed by atoms with Crippen LogP contribution < -0.4 is 11.3 Å². The van der Waals surface area contributed by atoms with Crippen LogP contribution in [0.3, 0.4) is 0 Å². The fourth-order valence-corrected chi connectivity index (χ4v) is 1.55. The van der Waals surface area contributed by atoms with Crippen LogP contribution in [0.2, 0.25) is 0 Å². The van der Waals surface area contributed by atoms with E-state index in [-0.39, 0.29) is 12.1 Å². The number of rotatable bonds is 2. The molecular formula is C12H12FN3O. The molecule has 0 saturated carbocycles. The largest absolute Gasteiger partial charge is 0.398 e. The SMILES string of the molecule is Cc1cc(=O)n(Cc2c(N)cccc2F)cn1. The Bertz CT molecular complexity index is 587. The zero-order valence-electron chi connectivity index (χ0n) is 9.35. The van der Waals surface area contributed by atoms with Crippen molar-refractivity contribution in [3.63, 3.8) is 0 Å². The third-order valence-corrected chi connectivity index (χ3v) is 2.50. The van der Waals surface area contributed by atoms with Crippen LogP contribution in [0.5, 0.6) is 0 Å². The standard InChI is InChI=1S/C12H12FN3O/c1-8-5-12(17)16(7-15-8)6-9-10(13)3-2-4-11(9)14/h2-5,7H,6,14H2,1H3. The van der Waals surface area contributed by atoms with E-state index in [2.05, 4.69) is 4.98 Å². The lowest BCUT2D eigenvalue weighted by Crippen LogP contribution is -2.21. The third-order valence-electron chi connectivity index (χ3n) is 2.50. The van der Waals surface area contributed by atoms with E-state index in [0.29, 0.717) is 16.9 Å². The smallest absolute Gasteiger partial charge is 0.253 e. The van der Waals surface area contributed by atoms with Crippen molar-refractivity contribution in [2.75, 3.05) is 5.73 Å². The summed E-state index contributed by atoms with van der Waals surface area (Å²) in [4.78, 5) is 15.6. The number of nitrogens with zero attached hydrogens (tertiary/aromatic N) is 2. The van der Waals surface area contributed by atoms with Crippen molar-refractivity contribution in [1.82, 2.24) is 9.55 Å². The summed E-state index contributed by atoms with van der Waals surface area (Å²) in [5.41, 5.74) is 6.72. The Labute approximate surface area is 97.5 Å². The Morgan fingerprint density at radius 1 is 1.47 bits per heavy atom. The van der Waals surface area contributed by atoms with E-state index in [1.165, 1.54) is 29.1 Å². The second-order valence-corrected chi connectivity index (χ2v) is 3.80. The van der Waals surface area contributed by atoms with Crippen LogP contribution in [0.4, 0.5) is 10.1 Å². The first kappa shape index (κ1) is 11.3. The molecule has 5 heteroatoms. The van der Waals surface area contributed by atoms with Crippen LogP contribution in [0.25, 0.3) is 0 Å². The molecule has 4 nitrogen and oxygen atoms in total. The van der Waals surface area contributed by atoms with Crippen molar-refractivity contribution in [3.05, 3.63) is 58.0 Å². The number of aryl methyl sites for hydroxylation is 1. The van der Waals surface area contributed by atoms with Crippen molar-refractivity contribution in [1.29, 1.82) is 0 Å². The third kappa shape index (κ3) is 2.33. The summed E-state index contributed by atoms with van der Waals surface area (Å²) in [6, 6.07) is 5.85. The highest BCUT2D eigenvalue weighted by Gasteiger charge is 2.07. The number of nitrogens with two attached hydrogens (primary N) is 1. The Hall–Kier alpha value is -2.17. The molecule has 1 aromatic heterocycles. The summed E-state index contributed by atoms with van der Waals surface area (Å²) in [6.45, 7) is 1.81. The average Bonchev–Trinajstić information content (AvgIpc) is 2.26. The Kier molecular flexibility index (Phi) is 2.91. The maximum absolute atomic E-state index is 13.5. The van der Waals surface area contributed by atoms with Gasteiger partial charge in [0.1, 0.15) is 5.82 Å². The molecule has 0 spiro atoms. The lowest BCUT2D eigenvalue weighted by Gasteiger charge is -2.09. The molecule has 2 aromatic rings. The number of anilines is 1. The second-order valence-electron chi connectivity index (χ2n) is 3.80. The predicted octanol–water partition coefficient (Wildman–Crippen LogP) is 1.32. The van der Waals surface area contributed by atoms with Gasteiger partial charge in [-0.25, -0.2) is 9.37 Å². The van der Waals surface area contributed by atoms with E-state index in [0.717, 1.165) is 0 Å². The molecule has 88 valence electrons. The van der Waals surface area contributed by atoms with E-state index < -0.39 is 5.82 Å². The van der Waals surface area contributed by atoms with E-state index in [9.17, 15) is 9.18 Å². The second kappa shape index (κ2) is 4.37. The van der Waals surface area contributed by atoms with Gasteiger partial charge in [0.05, 0.1) is 12.9 Å². The number of hydrogen-bond donors (Lipinski definition) is 1. The maximum atomic E-state index is 13.5. The zero-order valence-corrected chi connectivity index (χ0v) is 9.35. The summed E-state index contributed by atoms with van der Waals surface area (Å²) in [6.07, 6.45) is 1.39. The number of benzene rings is 1. The first-order valence-corrected chi connectivity index (χ1v) is 5.14. The zero-order chi connectivity index (χ0) is 12.4. The Morgan fingerprint density at radius 2 is 2.24 bits per heavy atom. The number of halogens is 1. The van der Waals surface area contributed by atoms with Crippen molar-refractivity contribution in [2.45, 2.75) is 13.5 Å². The van der Waals surface area contributed by atoms with Crippen LogP contribution in [-0.4, -0.2) is 9.55 Å². The molecule has 17 heavy (non-hydrogen) atoms. The number of nitrogen functional groups attached to an aromatic ring is 1. The van der Waals surface area contributed by atoms with Gasteiger partial charge in [-0.2, -0.15) is 0 Å². The lowest BCUT2D eigenvalue weighted by atomic mass is 10.1. The first-order chi connectivity index (χ1) is 8.08. The Balaban J connectivity index is 2.42. The van der Waals surface area contributed by atoms with E-state index in [1.807, 2.05) is 0 Å². The highest BCUT2D eigenvalue weighted by atomic mass is 19.1. The molecular weight excluding hydrogens is 221 g/mol. The van der Waals surface area contributed by atoms with Crippen molar-refractivity contribution in [2.24, 2.45) is 0 Å². The van der Waals surface area contributed by atoms with Gasteiger partial charge in [0.25, 0.3) is 5.56 Å². The van der Waals surface area contributed by atoms with Gasteiger partial charge in [-0.3, -0.25) is 9.36 Å². The van der Waals surface area contributed by atoms with Crippen molar-refractivity contribution >= 4 is 5.69 Å². The molecule has 0 saturated heterocycles. The van der Waals surface area contributed by atoms with Gasteiger partial charge < -0.3 is 5.73 Å². The molecule has 1 aromatic carbocycles. The van der Waals surface area contributed by atoms with Gasteiger partial charge >= 0.3 is 0 Å². The van der Waals surface area contributed by atoms with Crippen molar-refractivity contribution in [3.8, 4) is 0 Å². The molecule has 0 radical (unpaired) electrons. The van der Waals surface area contributed by atoms with Gasteiger partial charge in [0.2, 0.25) is 0 Å². The number of aromatic nitrogens is 2. The first-order valence-electron chi connectivity index (χ1n) is 5.14. The molecule has 0 aliphatic heterocycles. The van der Waals surface area contributed by atoms with Crippen LogP contribution >= 0.6 is 0 Å². The van der Waals surface area contributed by atoms with E-state index in [4.69, 9.17) is 5.73 Å². The van der Waals surface area contributed by atoms with E-state index >= 15 is 0 Å². The number of hydrogen-bond acceptors (Lipinski definition) is 3. The quantitative estimate of drug-likeness (QED) is 0.796. The monoisotopic (exact) mass is 233 g/mol. The predicted molar refractivity (Wildman–Crippen MR) is 63.1 cm³/mol. The molecule has 0 aliphatic rings. The summed E-state index contributed by atoms with van der Waals surface area (Å²) in [7, 11) is 0. The highest BCUT2D eigenvalue weighted by molar-refractivity contribution is 5.47. The molecule has 2 N–H and O–H groups in total. The molecule has 0 bridgehead atoms. The van der Waals surface area contributed by atoms with Crippen LogP contribution in [0.15, 0.2) is 35.4 Å². The maximum Gasteiger partial charge on any atom is 0.253 e. The normalized spacial score (nSPS) is 10.5. The minimum absolute atomic E-state index is 0.0879. The molecule has 2 rings (SSSR count). The van der Waals surface area contributed by atoms with Crippen LogP contribution in [0.1, 0.15) is 11.3 Å². The Morgan fingerprint density at radius 3 is 2.88 bits per heavy atom. The summed E-state index contributed by atoms with van der Waals surface area (Å²) < 4.78 is 14.9. The molecule has 0 atom stereocenters. The molecule has 0 unspecified atom stereocenters. The molecule has 0 amide bonds. The van der Waals surface area contributed by atoms with Crippen LogP contribution in [-0.2, 0) is 6.54 Å². The van der Waals surface area contributed by atoms with Gasteiger partial charge in [-0.1, -0.05) is 6.07 Å². The molecule has 0 aliphatic carbocycles. The summed E-state index contributed by atoms with van der Waals surface area (Å²) >= 11 is 0. The molecule has 1 heterocycles. The van der Waals surface area contributed by atoms with Gasteiger partial charge in [-0.05, 0) is 19.1 Å². The average molecular weight is 233 g/mol. The van der Waals surface area contributed by atoms with Gasteiger partial charge in [-0.15, -0.1) is 0 Å². The summed E-state index contributed by atoms with van der Waals surface area (Å²) in [5, 5.41) is 0. The fourth-order valence-electron chi connectivity index (χ4n) is 1.55. The highest BCUT2D eigenvalue weighted by Crippen LogP contribution is 2.16. The fraction of sp³-hybridized carbons (Fsp3) is 0.167.